The van der Waals surface area contributed by atoms with Crippen molar-refractivity contribution in [1.82, 2.24) is 0 Å². The first-order chi connectivity index (χ1) is 12.2. The zero-order chi connectivity index (χ0) is 18.1. The van der Waals surface area contributed by atoms with Crippen LogP contribution in [0.15, 0.2) is 47.5 Å². The lowest BCUT2D eigenvalue weighted by atomic mass is 10.1. The average Bonchev–Trinajstić information content (AvgIpc) is 2.62. The van der Waals surface area contributed by atoms with Crippen LogP contribution < -0.4 is 25.3 Å². The molecule has 2 rings (SSSR count). The first kappa shape index (κ1) is 21.9. The lowest BCUT2D eigenvalue weighted by molar-refractivity contribution is 0.340. The van der Waals surface area contributed by atoms with E-state index in [-0.39, 0.29) is 24.0 Å². The van der Waals surface area contributed by atoms with Crippen LogP contribution in [0.1, 0.15) is 12.5 Å². The van der Waals surface area contributed by atoms with Gasteiger partial charge in [0.15, 0.2) is 17.5 Å². The van der Waals surface area contributed by atoms with E-state index in [2.05, 4.69) is 16.4 Å². The number of hydrogen-bond acceptors (Lipinski definition) is 4. The molecule has 0 unspecified atom stereocenters. The first-order valence-corrected chi connectivity index (χ1v) is 8.17. The van der Waals surface area contributed by atoms with Gasteiger partial charge in [0.1, 0.15) is 5.75 Å². The van der Waals surface area contributed by atoms with Crippen molar-refractivity contribution in [3.63, 3.8) is 0 Å². The summed E-state index contributed by atoms with van der Waals surface area (Å²) in [5.41, 5.74) is 7.90. The molecule has 7 heteroatoms. The number of nitrogens with one attached hydrogen (secondary N) is 1. The molecule has 2 aromatic carbocycles. The fourth-order valence-corrected chi connectivity index (χ4v) is 2.36. The molecular formula is C19H26IN3O3. The first-order valence-electron chi connectivity index (χ1n) is 8.17. The Morgan fingerprint density at radius 3 is 2.54 bits per heavy atom. The Morgan fingerprint density at radius 2 is 1.85 bits per heavy atom. The monoisotopic (exact) mass is 471 g/mol. The molecule has 0 bridgehead atoms. The van der Waals surface area contributed by atoms with Gasteiger partial charge < -0.3 is 25.3 Å². The highest BCUT2D eigenvalue weighted by atomic mass is 127. The Labute approximate surface area is 171 Å². The molecule has 0 saturated carbocycles. The molecule has 0 saturated heterocycles. The fourth-order valence-electron chi connectivity index (χ4n) is 2.36. The number of benzene rings is 2. The van der Waals surface area contributed by atoms with E-state index in [1.165, 1.54) is 0 Å². The number of aliphatic imine (C=N–C) groups is 1. The van der Waals surface area contributed by atoms with Crippen LogP contribution in [0.3, 0.4) is 0 Å². The number of halogens is 1. The molecule has 3 N–H and O–H groups in total. The van der Waals surface area contributed by atoms with Crippen LogP contribution >= 0.6 is 24.0 Å². The lowest BCUT2D eigenvalue weighted by Gasteiger charge is -2.11. The molecule has 0 aliphatic rings. The van der Waals surface area contributed by atoms with E-state index < -0.39 is 0 Å². The van der Waals surface area contributed by atoms with Gasteiger partial charge in [-0.2, -0.15) is 0 Å². The number of methoxy groups -OCH3 is 2. The minimum absolute atomic E-state index is 0. The molecule has 0 aromatic heterocycles. The van der Waals surface area contributed by atoms with Crippen molar-refractivity contribution in [3.8, 4) is 17.2 Å². The summed E-state index contributed by atoms with van der Waals surface area (Å²) in [7, 11) is 3.19. The Bertz CT molecular complexity index is 723. The molecule has 0 amide bonds. The van der Waals surface area contributed by atoms with Crippen molar-refractivity contribution >= 4 is 35.6 Å². The summed E-state index contributed by atoms with van der Waals surface area (Å²) in [6.45, 7) is 3.21. The fraction of sp³-hybridized carbons (Fsp3) is 0.316. The highest BCUT2D eigenvalue weighted by Crippen LogP contribution is 2.29. The van der Waals surface area contributed by atoms with Gasteiger partial charge in [0, 0.05) is 18.3 Å². The van der Waals surface area contributed by atoms with Crippen LogP contribution in [-0.4, -0.2) is 33.3 Å². The van der Waals surface area contributed by atoms with Gasteiger partial charge in [-0.3, -0.25) is 4.99 Å². The van der Waals surface area contributed by atoms with Crippen LogP contribution in [-0.2, 0) is 6.42 Å². The quantitative estimate of drug-likeness (QED) is 0.349. The molecule has 0 fully saturated rings. The molecule has 0 aliphatic heterocycles. The van der Waals surface area contributed by atoms with E-state index in [9.17, 15) is 0 Å². The van der Waals surface area contributed by atoms with Crippen LogP contribution in [0.25, 0.3) is 0 Å². The molecule has 0 aliphatic carbocycles. The van der Waals surface area contributed by atoms with Gasteiger partial charge in [-0.05, 0) is 43.2 Å². The van der Waals surface area contributed by atoms with Gasteiger partial charge in [0.25, 0.3) is 0 Å². The minimum Gasteiger partial charge on any atom is -0.494 e. The van der Waals surface area contributed by atoms with Crippen molar-refractivity contribution in [2.45, 2.75) is 13.3 Å². The zero-order valence-corrected chi connectivity index (χ0v) is 17.7. The Balaban J connectivity index is 0.00000338. The third-order valence-corrected chi connectivity index (χ3v) is 3.55. The largest absolute Gasteiger partial charge is 0.494 e. The second kappa shape index (κ2) is 11.5. The summed E-state index contributed by atoms with van der Waals surface area (Å²) in [4.78, 5) is 4.36. The minimum atomic E-state index is 0. The van der Waals surface area contributed by atoms with Crippen LogP contribution in [0.2, 0.25) is 0 Å². The zero-order valence-electron chi connectivity index (χ0n) is 15.3. The highest BCUT2D eigenvalue weighted by molar-refractivity contribution is 14.0. The molecule has 142 valence electrons. The number of ether oxygens (including phenoxy) is 3. The van der Waals surface area contributed by atoms with E-state index >= 15 is 0 Å². The molecule has 0 atom stereocenters. The Hall–Kier alpha value is -2.16. The third kappa shape index (κ3) is 6.62. The van der Waals surface area contributed by atoms with E-state index in [0.717, 1.165) is 23.4 Å². The SMILES string of the molecule is CCOc1cccc(CCN=C(N)Nc2ccc(OC)c(OC)c2)c1.I. The summed E-state index contributed by atoms with van der Waals surface area (Å²) in [6, 6.07) is 13.5. The lowest BCUT2D eigenvalue weighted by Crippen LogP contribution is -2.23. The summed E-state index contributed by atoms with van der Waals surface area (Å²) in [6.07, 6.45) is 0.787. The molecule has 2 aromatic rings. The topological polar surface area (TPSA) is 78.1 Å². The van der Waals surface area contributed by atoms with Crippen molar-refractivity contribution in [1.29, 1.82) is 0 Å². The van der Waals surface area contributed by atoms with E-state index in [1.807, 2.05) is 43.3 Å². The maximum atomic E-state index is 5.95. The second-order valence-electron chi connectivity index (χ2n) is 5.29. The summed E-state index contributed by atoms with van der Waals surface area (Å²) >= 11 is 0. The molecule has 6 nitrogen and oxygen atoms in total. The third-order valence-electron chi connectivity index (χ3n) is 3.55. The Morgan fingerprint density at radius 1 is 1.08 bits per heavy atom. The Kier molecular flexibility index (Phi) is 9.64. The number of anilines is 1. The summed E-state index contributed by atoms with van der Waals surface area (Å²) in [5, 5.41) is 3.05. The molecule has 26 heavy (non-hydrogen) atoms. The van der Waals surface area contributed by atoms with Crippen molar-refractivity contribution in [2.75, 3.05) is 32.7 Å². The van der Waals surface area contributed by atoms with Crippen molar-refractivity contribution in [3.05, 3.63) is 48.0 Å². The van der Waals surface area contributed by atoms with Crippen LogP contribution in [0.5, 0.6) is 17.2 Å². The van der Waals surface area contributed by atoms with Gasteiger partial charge in [-0.25, -0.2) is 0 Å². The standard InChI is InChI=1S/C19H25N3O3.HI/c1-4-25-16-7-5-6-14(12-16)10-11-21-19(20)22-15-8-9-17(23-2)18(13-15)24-3;/h5-9,12-13H,4,10-11H2,1-3H3,(H3,20,21,22);1H. The van der Waals surface area contributed by atoms with Crippen LogP contribution in [0.4, 0.5) is 5.69 Å². The summed E-state index contributed by atoms with van der Waals surface area (Å²) in [5.74, 6) is 2.53. The molecule has 0 radical (unpaired) electrons. The van der Waals surface area contributed by atoms with Crippen molar-refractivity contribution in [2.24, 2.45) is 10.7 Å². The van der Waals surface area contributed by atoms with Crippen LogP contribution in [0, 0.1) is 0 Å². The predicted molar refractivity (Wildman–Crippen MR) is 116 cm³/mol. The van der Waals surface area contributed by atoms with Crippen molar-refractivity contribution < 1.29 is 14.2 Å². The molecule has 0 heterocycles. The maximum absolute atomic E-state index is 5.95. The number of nitrogens with zero attached hydrogens (tertiary/aromatic N) is 1. The number of nitrogens with two attached hydrogens (primary N) is 1. The maximum Gasteiger partial charge on any atom is 0.193 e. The normalized spacial score (nSPS) is 10.7. The molecule has 0 spiro atoms. The van der Waals surface area contributed by atoms with Gasteiger partial charge in [-0.1, -0.05) is 12.1 Å². The predicted octanol–water partition coefficient (Wildman–Crippen LogP) is 3.69. The van der Waals surface area contributed by atoms with Gasteiger partial charge >= 0.3 is 0 Å². The van der Waals surface area contributed by atoms with E-state index in [0.29, 0.717) is 30.6 Å². The summed E-state index contributed by atoms with van der Waals surface area (Å²) < 4.78 is 16.0. The van der Waals surface area contributed by atoms with Gasteiger partial charge in [0.2, 0.25) is 0 Å². The number of rotatable bonds is 8. The van der Waals surface area contributed by atoms with E-state index in [1.54, 1.807) is 14.2 Å². The molecular weight excluding hydrogens is 445 g/mol. The van der Waals surface area contributed by atoms with E-state index in [4.69, 9.17) is 19.9 Å². The highest BCUT2D eigenvalue weighted by Gasteiger charge is 2.05. The number of guanidine groups is 1. The average molecular weight is 471 g/mol. The number of hydrogen-bond donors (Lipinski definition) is 2. The smallest absolute Gasteiger partial charge is 0.193 e. The second-order valence-corrected chi connectivity index (χ2v) is 5.29. The van der Waals surface area contributed by atoms with Gasteiger partial charge in [0.05, 0.1) is 20.8 Å². The van der Waals surface area contributed by atoms with Gasteiger partial charge in [-0.15, -0.1) is 24.0 Å².